The molecule has 0 radical (unpaired) electrons. The highest BCUT2D eigenvalue weighted by atomic mass is 19.1. The summed E-state index contributed by atoms with van der Waals surface area (Å²) in [5.74, 6) is -0.723. The summed E-state index contributed by atoms with van der Waals surface area (Å²) in [7, 11) is 0. The minimum atomic E-state index is -0.533. The molecule has 3 N–H and O–H groups in total. The number of benzene rings is 1. The van der Waals surface area contributed by atoms with Crippen molar-refractivity contribution in [2.75, 3.05) is 0 Å². The maximum atomic E-state index is 12.9. The van der Waals surface area contributed by atoms with Gasteiger partial charge in [-0.3, -0.25) is 0 Å². The van der Waals surface area contributed by atoms with E-state index in [4.69, 9.17) is 5.73 Å². The van der Waals surface area contributed by atoms with E-state index < -0.39 is 5.82 Å². The highest BCUT2D eigenvalue weighted by molar-refractivity contribution is 5.42. The third-order valence-corrected chi connectivity index (χ3v) is 2.58. The molecule has 0 heterocycles. The van der Waals surface area contributed by atoms with E-state index in [1.165, 1.54) is 6.07 Å². The van der Waals surface area contributed by atoms with Crippen LogP contribution in [0.25, 0.3) is 0 Å². The first-order valence-electron chi connectivity index (χ1n) is 4.43. The van der Waals surface area contributed by atoms with Crippen LogP contribution in [0.3, 0.4) is 0 Å². The van der Waals surface area contributed by atoms with Crippen LogP contribution in [-0.4, -0.2) is 11.1 Å². The molecule has 1 unspecified atom stereocenters. The van der Waals surface area contributed by atoms with Gasteiger partial charge in [0.1, 0.15) is 0 Å². The average Bonchev–Trinajstić information content (AvgIpc) is 2.12. The van der Waals surface area contributed by atoms with Crippen molar-refractivity contribution in [1.82, 2.24) is 0 Å². The fraction of sp³-hybridized carbons (Fsp3) is 0.400. The Morgan fingerprint density at radius 1 is 1.46 bits per heavy atom. The SMILES string of the molecule is NC1CCc2c(ccc(F)c2O)C1. The average molecular weight is 181 g/mol. The van der Waals surface area contributed by atoms with Gasteiger partial charge < -0.3 is 10.8 Å². The summed E-state index contributed by atoms with van der Waals surface area (Å²) >= 11 is 0. The molecule has 2 nitrogen and oxygen atoms in total. The van der Waals surface area contributed by atoms with E-state index in [2.05, 4.69) is 0 Å². The molecule has 1 aromatic rings. The first-order chi connectivity index (χ1) is 6.18. The lowest BCUT2D eigenvalue weighted by Gasteiger charge is -2.22. The molecule has 0 spiro atoms. The number of hydrogen-bond donors (Lipinski definition) is 2. The van der Waals surface area contributed by atoms with Gasteiger partial charge in [-0.25, -0.2) is 4.39 Å². The van der Waals surface area contributed by atoms with Crippen molar-refractivity contribution in [1.29, 1.82) is 0 Å². The van der Waals surface area contributed by atoms with E-state index in [9.17, 15) is 9.50 Å². The summed E-state index contributed by atoms with van der Waals surface area (Å²) in [5, 5.41) is 9.41. The van der Waals surface area contributed by atoms with Gasteiger partial charge in [-0.05, 0) is 30.9 Å². The number of fused-ring (bicyclic) bond motifs is 1. The highest BCUT2D eigenvalue weighted by Gasteiger charge is 2.19. The maximum absolute atomic E-state index is 12.9. The monoisotopic (exact) mass is 181 g/mol. The number of aromatic hydroxyl groups is 1. The van der Waals surface area contributed by atoms with Gasteiger partial charge in [-0.2, -0.15) is 0 Å². The van der Waals surface area contributed by atoms with Crippen molar-refractivity contribution in [3.8, 4) is 5.75 Å². The molecular formula is C10H12FNO. The zero-order valence-electron chi connectivity index (χ0n) is 7.26. The predicted octanol–water partition coefficient (Wildman–Crippen LogP) is 1.35. The topological polar surface area (TPSA) is 46.2 Å². The second-order valence-corrected chi connectivity index (χ2v) is 3.54. The van der Waals surface area contributed by atoms with Crippen molar-refractivity contribution >= 4 is 0 Å². The molecule has 0 fully saturated rings. The van der Waals surface area contributed by atoms with Gasteiger partial charge in [0.05, 0.1) is 0 Å². The summed E-state index contributed by atoms with van der Waals surface area (Å²) < 4.78 is 12.9. The van der Waals surface area contributed by atoms with Gasteiger partial charge in [0.15, 0.2) is 11.6 Å². The molecule has 13 heavy (non-hydrogen) atoms. The van der Waals surface area contributed by atoms with Crippen LogP contribution in [-0.2, 0) is 12.8 Å². The Morgan fingerprint density at radius 3 is 3.00 bits per heavy atom. The summed E-state index contributed by atoms with van der Waals surface area (Å²) in [6.07, 6.45) is 2.24. The zero-order chi connectivity index (χ0) is 9.42. The Bertz CT molecular complexity index is 338. The number of nitrogens with two attached hydrogens (primary N) is 1. The number of phenols is 1. The molecule has 3 heteroatoms. The molecule has 70 valence electrons. The van der Waals surface area contributed by atoms with Gasteiger partial charge in [0.2, 0.25) is 0 Å². The van der Waals surface area contributed by atoms with Crippen molar-refractivity contribution < 1.29 is 9.50 Å². The molecule has 0 saturated carbocycles. The Hall–Kier alpha value is -1.09. The molecule has 0 aromatic heterocycles. The fourth-order valence-electron chi connectivity index (χ4n) is 1.83. The first-order valence-corrected chi connectivity index (χ1v) is 4.43. The molecule has 1 atom stereocenters. The second-order valence-electron chi connectivity index (χ2n) is 3.54. The fourth-order valence-corrected chi connectivity index (χ4v) is 1.83. The lowest BCUT2D eigenvalue weighted by molar-refractivity contribution is 0.417. The normalized spacial score (nSPS) is 21.2. The van der Waals surface area contributed by atoms with Crippen LogP contribution in [0.15, 0.2) is 12.1 Å². The summed E-state index contributed by atoms with van der Waals surface area (Å²) in [4.78, 5) is 0. The van der Waals surface area contributed by atoms with Crippen molar-refractivity contribution in [2.45, 2.75) is 25.3 Å². The summed E-state index contributed by atoms with van der Waals surface area (Å²) in [6, 6.07) is 3.16. The van der Waals surface area contributed by atoms with E-state index in [1.54, 1.807) is 6.07 Å². The smallest absolute Gasteiger partial charge is 0.165 e. The van der Waals surface area contributed by atoms with Gasteiger partial charge in [0.25, 0.3) is 0 Å². The maximum Gasteiger partial charge on any atom is 0.165 e. The number of halogens is 1. The number of phenolic OH excluding ortho intramolecular Hbond substituents is 1. The molecular weight excluding hydrogens is 169 g/mol. The van der Waals surface area contributed by atoms with E-state index in [1.807, 2.05) is 0 Å². The largest absolute Gasteiger partial charge is 0.505 e. The molecule has 1 aromatic carbocycles. The van der Waals surface area contributed by atoms with Crippen molar-refractivity contribution in [2.24, 2.45) is 5.73 Å². The lowest BCUT2D eigenvalue weighted by Crippen LogP contribution is -2.27. The highest BCUT2D eigenvalue weighted by Crippen LogP contribution is 2.30. The van der Waals surface area contributed by atoms with Crippen LogP contribution < -0.4 is 5.73 Å². The summed E-state index contributed by atoms with van der Waals surface area (Å²) in [5.41, 5.74) is 7.48. The van der Waals surface area contributed by atoms with Crippen LogP contribution in [0.4, 0.5) is 4.39 Å². The third-order valence-electron chi connectivity index (χ3n) is 2.58. The molecule has 1 aliphatic rings. The molecule has 0 amide bonds. The molecule has 0 aliphatic heterocycles. The van der Waals surface area contributed by atoms with E-state index in [0.29, 0.717) is 6.42 Å². The van der Waals surface area contributed by atoms with Crippen molar-refractivity contribution in [3.63, 3.8) is 0 Å². The Balaban J connectivity index is 2.47. The minimum Gasteiger partial charge on any atom is -0.505 e. The molecule has 0 bridgehead atoms. The number of hydrogen-bond acceptors (Lipinski definition) is 2. The quantitative estimate of drug-likeness (QED) is 0.634. The predicted molar refractivity (Wildman–Crippen MR) is 48.1 cm³/mol. The Labute approximate surface area is 76.2 Å². The van der Waals surface area contributed by atoms with E-state index in [0.717, 1.165) is 24.0 Å². The van der Waals surface area contributed by atoms with Crippen molar-refractivity contribution in [3.05, 3.63) is 29.1 Å². The first kappa shape index (κ1) is 8.51. The van der Waals surface area contributed by atoms with E-state index >= 15 is 0 Å². The zero-order valence-corrected chi connectivity index (χ0v) is 7.26. The third kappa shape index (κ3) is 1.40. The Morgan fingerprint density at radius 2 is 2.23 bits per heavy atom. The van der Waals surface area contributed by atoms with Crippen LogP contribution >= 0.6 is 0 Å². The number of rotatable bonds is 0. The molecule has 2 rings (SSSR count). The molecule has 1 aliphatic carbocycles. The van der Waals surface area contributed by atoms with Crippen LogP contribution in [0, 0.1) is 5.82 Å². The van der Waals surface area contributed by atoms with Crippen LogP contribution in [0.5, 0.6) is 5.75 Å². The van der Waals surface area contributed by atoms with Crippen LogP contribution in [0.1, 0.15) is 17.5 Å². The standard InChI is InChI=1S/C10H12FNO/c11-9-4-1-6-5-7(12)2-3-8(6)10(9)13/h1,4,7,13H,2-3,5,12H2. The van der Waals surface area contributed by atoms with Gasteiger partial charge in [-0.15, -0.1) is 0 Å². The minimum absolute atomic E-state index is 0.150. The van der Waals surface area contributed by atoms with Gasteiger partial charge >= 0.3 is 0 Å². The van der Waals surface area contributed by atoms with E-state index in [-0.39, 0.29) is 11.8 Å². The Kier molecular flexibility index (Phi) is 1.96. The lowest BCUT2D eigenvalue weighted by atomic mass is 9.88. The van der Waals surface area contributed by atoms with Crippen LogP contribution in [0.2, 0.25) is 0 Å². The molecule has 0 saturated heterocycles. The van der Waals surface area contributed by atoms with Gasteiger partial charge in [-0.1, -0.05) is 6.07 Å². The van der Waals surface area contributed by atoms with Gasteiger partial charge in [0, 0.05) is 11.6 Å². The second kappa shape index (κ2) is 3.00. The summed E-state index contributed by atoms with van der Waals surface area (Å²) in [6.45, 7) is 0.